The minimum Gasteiger partial charge on any atom is -0.463 e. The lowest BCUT2D eigenvalue weighted by Gasteiger charge is -2.20. The molecule has 0 fully saturated rings. The first-order valence-corrected chi connectivity index (χ1v) is 13.8. The van der Waals surface area contributed by atoms with Gasteiger partial charge in [0.1, 0.15) is 5.82 Å². The number of benzene rings is 4. The van der Waals surface area contributed by atoms with Crippen molar-refractivity contribution in [1.82, 2.24) is 9.97 Å². The highest BCUT2D eigenvalue weighted by Gasteiger charge is 2.30. The van der Waals surface area contributed by atoms with Crippen molar-refractivity contribution in [3.05, 3.63) is 139 Å². The Labute approximate surface area is 254 Å². The quantitative estimate of drug-likeness (QED) is 0.0551. The number of hydrogen-bond acceptors (Lipinski definition) is 5. The molecule has 218 valence electrons. The highest BCUT2D eigenvalue weighted by Crippen LogP contribution is 2.36. The van der Waals surface area contributed by atoms with Crippen molar-refractivity contribution in [1.29, 1.82) is 0 Å². The molecule has 0 aliphatic rings. The first-order valence-electron chi connectivity index (χ1n) is 13.1. The molecule has 0 spiro atoms. The molecule has 0 aliphatic heterocycles. The van der Waals surface area contributed by atoms with Gasteiger partial charge in [0.2, 0.25) is 0 Å². The second kappa shape index (κ2) is 13.2. The van der Waals surface area contributed by atoms with E-state index in [1.54, 1.807) is 0 Å². The largest absolute Gasteiger partial charge is 0.463 e. The van der Waals surface area contributed by atoms with Crippen LogP contribution in [-0.2, 0) is 12.7 Å². The van der Waals surface area contributed by atoms with Crippen LogP contribution < -0.4 is 10.1 Å². The minimum absolute atomic E-state index is 0.0651. The Morgan fingerprint density at radius 1 is 0.837 bits per heavy atom. The molecule has 5 aromatic rings. The number of nitrogens with zero attached hydrogens (tertiary/aromatic N) is 5. The molecule has 1 N–H and O–H groups in total. The molecule has 0 amide bonds. The van der Waals surface area contributed by atoms with Gasteiger partial charge in [-0.1, -0.05) is 70.8 Å². The molecule has 7 nitrogen and oxygen atoms in total. The van der Waals surface area contributed by atoms with Gasteiger partial charge in [-0.25, -0.2) is 0 Å². The number of rotatable bonds is 10. The summed E-state index contributed by atoms with van der Waals surface area (Å²) < 4.78 is 44.7. The molecule has 0 aliphatic carbocycles. The lowest BCUT2D eigenvalue weighted by atomic mass is 9.85. The highest BCUT2D eigenvalue weighted by molar-refractivity contribution is 6.30. The van der Waals surface area contributed by atoms with E-state index in [2.05, 4.69) is 25.3 Å². The standard InChI is InChI=1S/C31H23Cl2F3N6O/c32-24-10-3-20(4-11-24)28(21-5-12-25(33)13-6-21)22-7-14-27-26(17-22)29(41-30(40-27)43-16-15-39-42-37)38-18-19-1-8-23(9-2-19)31(34,35)36/h1-14,17,28H,15-16,18H2,(H,38,40,41). The van der Waals surface area contributed by atoms with E-state index >= 15 is 0 Å². The number of alkyl halides is 3. The summed E-state index contributed by atoms with van der Waals surface area (Å²) in [7, 11) is 0. The van der Waals surface area contributed by atoms with Crippen molar-refractivity contribution in [2.75, 3.05) is 18.5 Å². The summed E-state index contributed by atoms with van der Waals surface area (Å²) in [6, 6.07) is 26.0. The highest BCUT2D eigenvalue weighted by atomic mass is 35.5. The molecule has 4 aromatic carbocycles. The van der Waals surface area contributed by atoms with Gasteiger partial charge in [-0.05, 0) is 76.3 Å². The van der Waals surface area contributed by atoms with Crippen molar-refractivity contribution in [2.45, 2.75) is 18.6 Å². The van der Waals surface area contributed by atoms with Crippen LogP contribution in [-0.4, -0.2) is 23.1 Å². The average Bonchev–Trinajstić information content (AvgIpc) is 3.00. The maximum atomic E-state index is 13.0. The van der Waals surface area contributed by atoms with Gasteiger partial charge in [-0.2, -0.15) is 23.1 Å². The topological polar surface area (TPSA) is 95.8 Å². The number of anilines is 1. The molecule has 1 heterocycles. The Morgan fingerprint density at radius 3 is 2.02 bits per heavy atom. The maximum absolute atomic E-state index is 13.0. The van der Waals surface area contributed by atoms with E-state index in [9.17, 15) is 13.2 Å². The molecule has 5 rings (SSSR count). The van der Waals surface area contributed by atoms with Crippen molar-refractivity contribution >= 4 is 39.9 Å². The fourth-order valence-corrected chi connectivity index (χ4v) is 4.86. The zero-order valence-corrected chi connectivity index (χ0v) is 23.9. The SMILES string of the molecule is [N-]=[N+]=NCCOc1nc(NCc2ccc(C(F)(F)F)cc2)c2cc(C(c3ccc(Cl)cc3)c3ccc(Cl)cc3)ccc2n1. The average molecular weight is 623 g/mol. The zero-order chi connectivity index (χ0) is 30.4. The molecular formula is C31H23Cl2F3N6O. The van der Waals surface area contributed by atoms with Crippen LogP contribution in [0.3, 0.4) is 0 Å². The minimum atomic E-state index is -4.42. The van der Waals surface area contributed by atoms with Gasteiger partial charge < -0.3 is 10.1 Å². The van der Waals surface area contributed by atoms with E-state index in [1.165, 1.54) is 12.1 Å². The number of halogens is 5. The van der Waals surface area contributed by atoms with E-state index in [0.717, 1.165) is 28.8 Å². The summed E-state index contributed by atoms with van der Waals surface area (Å²) in [5.74, 6) is 0.248. The van der Waals surface area contributed by atoms with Gasteiger partial charge >= 0.3 is 12.2 Å². The fraction of sp³-hybridized carbons (Fsp3) is 0.161. The van der Waals surface area contributed by atoms with Crippen molar-refractivity contribution in [2.24, 2.45) is 5.11 Å². The van der Waals surface area contributed by atoms with Gasteiger partial charge in [-0.15, -0.1) is 0 Å². The molecule has 0 saturated heterocycles. The Morgan fingerprint density at radius 2 is 1.44 bits per heavy atom. The summed E-state index contributed by atoms with van der Waals surface area (Å²) in [6.45, 7) is 0.362. The lowest BCUT2D eigenvalue weighted by molar-refractivity contribution is -0.137. The van der Waals surface area contributed by atoms with Crippen LogP contribution in [0, 0.1) is 0 Å². The smallest absolute Gasteiger partial charge is 0.416 e. The first-order chi connectivity index (χ1) is 20.7. The first kappa shape index (κ1) is 30.0. The molecule has 0 unspecified atom stereocenters. The Balaban J connectivity index is 1.55. The summed E-state index contributed by atoms with van der Waals surface area (Å²) in [6.07, 6.45) is -4.42. The molecule has 0 saturated carbocycles. The third kappa shape index (κ3) is 7.48. The fourth-order valence-electron chi connectivity index (χ4n) is 4.61. The van der Waals surface area contributed by atoms with Gasteiger partial charge in [-0.3, -0.25) is 0 Å². The molecule has 0 atom stereocenters. The number of fused-ring (bicyclic) bond motifs is 1. The molecule has 12 heteroatoms. The zero-order valence-electron chi connectivity index (χ0n) is 22.4. The molecular weight excluding hydrogens is 600 g/mol. The van der Waals surface area contributed by atoms with Crippen LogP contribution in [0.4, 0.5) is 19.0 Å². The third-order valence-electron chi connectivity index (χ3n) is 6.67. The maximum Gasteiger partial charge on any atom is 0.416 e. The second-order valence-electron chi connectivity index (χ2n) is 9.52. The summed E-state index contributed by atoms with van der Waals surface area (Å²) in [5, 5.41) is 8.61. The summed E-state index contributed by atoms with van der Waals surface area (Å²) >= 11 is 12.4. The van der Waals surface area contributed by atoms with E-state index in [1.807, 2.05) is 66.7 Å². The monoisotopic (exact) mass is 622 g/mol. The van der Waals surface area contributed by atoms with Crippen LogP contribution in [0.2, 0.25) is 10.0 Å². The van der Waals surface area contributed by atoms with Crippen LogP contribution in [0.1, 0.15) is 33.7 Å². The second-order valence-corrected chi connectivity index (χ2v) is 10.4. The number of azide groups is 1. The molecule has 0 bridgehead atoms. The van der Waals surface area contributed by atoms with E-state index in [0.29, 0.717) is 32.3 Å². The summed E-state index contributed by atoms with van der Waals surface area (Å²) in [5.41, 5.74) is 12.0. The summed E-state index contributed by atoms with van der Waals surface area (Å²) in [4.78, 5) is 11.8. The van der Waals surface area contributed by atoms with E-state index in [-0.39, 0.29) is 31.6 Å². The normalized spacial score (nSPS) is 11.4. The van der Waals surface area contributed by atoms with Crippen LogP contribution in [0.25, 0.3) is 21.3 Å². The van der Waals surface area contributed by atoms with Gasteiger partial charge in [0.25, 0.3) is 0 Å². The predicted octanol–water partition coefficient (Wildman–Crippen LogP) is 9.44. The van der Waals surface area contributed by atoms with Crippen LogP contribution in [0.15, 0.2) is 96.1 Å². The van der Waals surface area contributed by atoms with Crippen molar-refractivity contribution in [3.8, 4) is 6.01 Å². The number of hydrogen-bond donors (Lipinski definition) is 1. The lowest BCUT2D eigenvalue weighted by Crippen LogP contribution is -2.09. The van der Waals surface area contributed by atoms with Crippen LogP contribution >= 0.6 is 23.2 Å². The molecule has 1 aromatic heterocycles. The number of nitrogens with one attached hydrogen (secondary N) is 1. The Bertz CT molecular complexity index is 1710. The Hall–Kier alpha value is -4.50. The van der Waals surface area contributed by atoms with Gasteiger partial charge in [0.05, 0.1) is 24.2 Å². The number of aromatic nitrogens is 2. The van der Waals surface area contributed by atoms with Gasteiger partial charge in [0.15, 0.2) is 0 Å². The van der Waals surface area contributed by atoms with Crippen molar-refractivity contribution in [3.63, 3.8) is 0 Å². The van der Waals surface area contributed by atoms with Crippen LogP contribution in [0.5, 0.6) is 6.01 Å². The van der Waals surface area contributed by atoms with E-state index in [4.69, 9.17) is 33.5 Å². The molecule has 0 radical (unpaired) electrons. The Kier molecular flexibility index (Phi) is 9.21. The van der Waals surface area contributed by atoms with Gasteiger partial charge in [0, 0.05) is 32.8 Å². The molecule has 43 heavy (non-hydrogen) atoms. The van der Waals surface area contributed by atoms with E-state index < -0.39 is 11.7 Å². The third-order valence-corrected chi connectivity index (χ3v) is 7.17. The predicted molar refractivity (Wildman–Crippen MR) is 162 cm³/mol. The van der Waals surface area contributed by atoms with Crippen molar-refractivity contribution < 1.29 is 17.9 Å². The number of ether oxygens (including phenoxy) is 1.